The van der Waals surface area contributed by atoms with Crippen molar-refractivity contribution < 1.29 is 9.53 Å². The van der Waals surface area contributed by atoms with Gasteiger partial charge in [-0.15, -0.1) is 11.3 Å². The van der Waals surface area contributed by atoms with Crippen molar-refractivity contribution in [2.45, 2.75) is 0 Å². The maximum Gasteiger partial charge on any atom is 0.267 e. The number of ether oxygens (including phenoxy) is 1. The fourth-order valence-corrected chi connectivity index (χ4v) is 2.74. The van der Waals surface area contributed by atoms with Gasteiger partial charge in [0.25, 0.3) is 5.91 Å². The molecule has 1 N–H and O–H groups in total. The van der Waals surface area contributed by atoms with Gasteiger partial charge in [-0.3, -0.25) is 4.79 Å². The molecule has 0 spiro atoms. The summed E-state index contributed by atoms with van der Waals surface area (Å²) in [6.07, 6.45) is 0. The van der Waals surface area contributed by atoms with Gasteiger partial charge < -0.3 is 10.1 Å². The summed E-state index contributed by atoms with van der Waals surface area (Å²) in [4.78, 5) is 12.5. The molecule has 0 saturated carbocycles. The number of carbonyl (C=O) groups is 1. The standard InChI is InChI=1S/C12H9BrClNO2S/c1-17-7-2-3-8(13)10(6-7)15-12(16)11-9(14)4-5-18-11/h2-6H,1H3,(H,15,16). The molecule has 0 aliphatic heterocycles. The summed E-state index contributed by atoms with van der Waals surface area (Å²) in [5.74, 6) is 0.440. The molecule has 2 aromatic rings. The van der Waals surface area contributed by atoms with Crippen LogP contribution in [0.25, 0.3) is 0 Å². The lowest BCUT2D eigenvalue weighted by atomic mass is 10.3. The summed E-state index contributed by atoms with van der Waals surface area (Å²) in [6.45, 7) is 0. The average molecular weight is 347 g/mol. The molecule has 2 rings (SSSR count). The number of benzene rings is 1. The first-order valence-corrected chi connectivity index (χ1v) is 7.04. The molecular formula is C12H9BrClNO2S. The lowest BCUT2D eigenvalue weighted by molar-refractivity contribution is 0.103. The van der Waals surface area contributed by atoms with Crippen LogP contribution in [0.2, 0.25) is 5.02 Å². The summed E-state index contributed by atoms with van der Waals surface area (Å²) < 4.78 is 5.89. The van der Waals surface area contributed by atoms with E-state index in [1.807, 2.05) is 6.07 Å². The Hall–Kier alpha value is -1.04. The van der Waals surface area contributed by atoms with Gasteiger partial charge in [0.05, 0.1) is 17.8 Å². The number of hydrogen-bond acceptors (Lipinski definition) is 3. The number of carbonyl (C=O) groups excluding carboxylic acids is 1. The van der Waals surface area contributed by atoms with Gasteiger partial charge in [-0.05, 0) is 39.5 Å². The van der Waals surface area contributed by atoms with E-state index >= 15 is 0 Å². The first kappa shape index (κ1) is 13.4. The highest BCUT2D eigenvalue weighted by Crippen LogP contribution is 2.29. The van der Waals surface area contributed by atoms with Crippen molar-refractivity contribution >= 4 is 50.5 Å². The Labute approximate surface area is 122 Å². The molecule has 94 valence electrons. The highest BCUT2D eigenvalue weighted by atomic mass is 79.9. The van der Waals surface area contributed by atoms with E-state index in [2.05, 4.69) is 21.2 Å². The number of hydrogen-bond donors (Lipinski definition) is 1. The van der Waals surface area contributed by atoms with Crippen molar-refractivity contribution in [1.82, 2.24) is 0 Å². The lowest BCUT2D eigenvalue weighted by Crippen LogP contribution is -2.11. The molecule has 0 unspecified atom stereocenters. The molecule has 1 aromatic heterocycles. The predicted octanol–water partition coefficient (Wildman–Crippen LogP) is 4.42. The Morgan fingerprint density at radius 1 is 1.44 bits per heavy atom. The largest absolute Gasteiger partial charge is 0.497 e. The van der Waals surface area contributed by atoms with Gasteiger partial charge in [-0.2, -0.15) is 0 Å². The topological polar surface area (TPSA) is 38.3 Å². The zero-order valence-electron chi connectivity index (χ0n) is 9.37. The smallest absolute Gasteiger partial charge is 0.267 e. The highest BCUT2D eigenvalue weighted by molar-refractivity contribution is 9.10. The van der Waals surface area contributed by atoms with Gasteiger partial charge in [-0.1, -0.05) is 11.6 Å². The van der Waals surface area contributed by atoms with Crippen LogP contribution in [0, 0.1) is 0 Å². The Balaban J connectivity index is 2.24. The van der Waals surface area contributed by atoms with Crippen molar-refractivity contribution in [3.63, 3.8) is 0 Å². The normalized spacial score (nSPS) is 10.2. The molecule has 0 saturated heterocycles. The van der Waals surface area contributed by atoms with Gasteiger partial charge in [0.1, 0.15) is 10.6 Å². The Kier molecular flexibility index (Phi) is 4.27. The molecule has 0 aliphatic carbocycles. The molecule has 0 aliphatic rings. The summed E-state index contributed by atoms with van der Waals surface area (Å²) in [5.41, 5.74) is 0.642. The van der Waals surface area contributed by atoms with Crippen LogP contribution in [0.4, 0.5) is 5.69 Å². The third-order valence-electron chi connectivity index (χ3n) is 2.25. The molecular weight excluding hydrogens is 338 g/mol. The maximum absolute atomic E-state index is 12.0. The Morgan fingerprint density at radius 3 is 2.83 bits per heavy atom. The third kappa shape index (κ3) is 2.85. The quantitative estimate of drug-likeness (QED) is 0.893. The molecule has 0 fully saturated rings. The third-order valence-corrected chi connectivity index (χ3v) is 4.28. The second kappa shape index (κ2) is 5.73. The first-order chi connectivity index (χ1) is 8.61. The van der Waals surface area contributed by atoms with E-state index in [1.54, 1.807) is 30.7 Å². The van der Waals surface area contributed by atoms with Crippen LogP contribution in [-0.4, -0.2) is 13.0 Å². The van der Waals surface area contributed by atoms with E-state index in [9.17, 15) is 4.79 Å². The Bertz CT molecular complexity index is 585. The van der Waals surface area contributed by atoms with Crippen molar-refractivity contribution in [2.24, 2.45) is 0 Å². The van der Waals surface area contributed by atoms with E-state index in [0.717, 1.165) is 4.47 Å². The number of methoxy groups -OCH3 is 1. The van der Waals surface area contributed by atoms with E-state index in [4.69, 9.17) is 16.3 Å². The molecule has 0 radical (unpaired) electrons. The summed E-state index contributed by atoms with van der Waals surface area (Å²) in [5, 5.41) is 5.02. The molecule has 0 atom stereocenters. The second-order valence-electron chi connectivity index (χ2n) is 3.40. The van der Waals surface area contributed by atoms with Crippen LogP contribution in [0.1, 0.15) is 9.67 Å². The van der Waals surface area contributed by atoms with E-state index in [-0.39, 0.29) is 5.91 Å². The minimum absolute atomic E-state index is 0.232. The van der Waals surface area contributed by atoms with Crippen LogP contribution < -0.4 is 10.1 Å². The minimum atomic E-state index is -0.232. The molecule has 1 aromatic carbocycles. The fourth-order valence-electron chi connectivity index (χ4n) is 1.36. The van der Waals surface area contributed by atoms with Crippen LogP contribution in [0.5, 0.6) is 5.75 Å². The zero-order valence-corrected chi connectivity index (χ0v) is 12.5. The molecule has 3 nitrogen and oxygen atoms in total. The van der Waals surface area contributed by atoms with Crippen molar-refractivity contribution in [3.05, 3.63) is 44.0 Å². The predicted molar refractivity (Wildman–Crippen MR) is 78.0 cm³/mol. The number of anilines is 1. The van der Waals surface area contributed by atoms with Gasteiger partial charge in [0.15, 0.2) is 0 Å². The van der Waals surface area contributed by atoms with E-state index < -0.39 is 0 Å². The van der Waals surface area contributed by atoms with E-state index in [1.165, 1.54) is 11.3 Å². The van der Waals surface area contributed by atoms with Crippen LogP contribution >= 0.6 is 38.9 Å². The fraction of sp³-hybridized carbons (Fsp3) is 0.0833. The summed E-state index contributed by atoms with van der Waals surface area (Å²) >= 11 is 10.6. The molecule has 18 heavy (non-hydrogen) atoms. The SMILES string of the molecule is COc1ccc(Br)c(NC(=O)c2sccc2Cl)c1. The molecule has 1 amide bonds. The number of nitrogens with one attached hydrogen (secondary N) is 1. The van der Waals surface area contributed by atoms with Gasteiger partial charge >= 0.3 is 0 Å². The van der Waals surface area contributed by atoms with Crippen LogP contribution in [-0.2, 0) is 0 Å². The van der Waals surface area contributed by atoms with Gasteiger partial charge in [-0.25, -0.2) is 0 Å². The molecule has 0 bridgehead atoms. The maximum atomic E-state index is 12.0. The average Bonchev–Trinajstić information content (AvgIpc) is 2.78. The van der Waals surface area contributed by atoms with Crippen molar-refractivity contribution in [3.8, 4) is 5.75 Å². The van der Waals surface area contributed by atoms with Crippen molar-refractivity contribution in [2.75, 3.05) is 12.4 Å². The lowest BCUT2D eigenvalue weighted by Gasteiger charge is -2.08. The van der Waals surface area contributed by atoms with Crippen molar-refractivity contribution in [1.29, 1.82) is 0 Å². The minimum Gasteiger partial charge on any atom is -0.497 e. The van der Waals surface area contributed by atoms with E-state index in [0.29, 0.717) is 21.3 Å². The zero-order chi connectivity index (χ0) is 13.1. The second-order valence-corrected chi connectivity index (χ2v) is 5.58. The Morgan fingerprint density at radius 2 is 2.22 bits per heavy atom. The van der Waals surface area contributed by atoms with Crippen LogP contribution in [0.3, 0.4) is 0 Å². The van der Waals surface area contributed by atoms with Gasteiger partial charge in [0.2, 0.25) is 0 Å². The number of amides is 1. The molecule has 6 heteroatoms. The first-order valence-electron chi connectivity index (χ1n) is 4.99. The monoisotopic (exact) mass is 345 g/mol. The van der Waals surface area contributed by atoms with Crippen LogP contribution in [0.15, 0.2) is 34.1 Å². The highest BCUT2D eigenvalue weighted by Gasteiger charge is 2.13. The number of halogens is 2. The number of rotatable bonds is 3. The summed E-state index contributed by atoms with van der Waals surface area (Å²) in [6, 6.07) is 7.05. The van der Waals surface area contributed by atoms with Gasteiger partial charge in [0, 0.05) is 10.5 Å². The summed E-state index contributed by atoms with van der Waals surface area (Å²) in [7, 11) is 1.57. The molecule has 1 heterocycles. The number of thiophene rings is 1.